The average Bonchev–Trinajstić information content (AvgIpc) is 2.62. The first-order valence-corrected chi connectivity index (χ1v) is 10.1. The second-order valence-corrected chi connectivity index (χ2v) is 8.90. The summed E-state index contributed by atoms with van der Waals surface area (Å²) >= 11 is 0. The van der Waals surface area contributed by atoms with Gasteiger partial charge in [-0.25, -0.2) is 12.8 Å². The first kappa shape index (κ1) is 19.8. The summed E-state index contributed by atoms with van der Waals surface area (Å²) in [5.74, 6) is -0.975. The second kappa shape index (κ2) is 7.59. The fourth-order valence-electron chi connectivity index (χ4n) is 2.86. The van der Waals surface area contributed by atoms with E-state index in [1.807, 2.05) is 0 Å². The van der Waals surface area contributed by atoms with Crippen LogP contribution < -0.4 is 15.4 Å². The van der Waals surface area contributed by atoms with Crippen molar-refractivity contribution in [3.8, 4) is 5.75 Å². The van der Waals surface area contributed by atoms with E-state index in [-0.39, 0.29) is 29.6 Å². The first-order valence-electron chi connectivity index (χ1n) is 8.53. The Kier molecular flexibility index (Phi) is 5.37. The number of amides is 2. The van der Waals surface area contributed by atoms with E-state index in [0.717, 1.165) is 0 Å². The average molecular weight is 406 g/mol. The molecular weight excluding hydrogens is 387 g/mol. The summed E-state index contributed by atoms with van der Waals surface area (Å²) in [5, 5.41) is 4.18. The van der Waals surface area contributed by atoms with Crippen LogP contribution in [0.1, 0.15) is 18.9 Å². The Balaban J connectivity index is 1.77. The molecule has 28 heavy (non-hydrogen) atoms. The van der Waals surface area contributed by atoms with Gasteiger partial charge in [-0.2, -0.15) is 0 Å². The highest BCUT2D eigenvalue weighted by molar-refractivity contribution is 7.92. The van der Waals surface area contributed by atoms with Gasteiger partial charge in [0.25, 0.3) is 5.91 Å². The van der Waals surface area contributed by atoms with Crippen LogP contribution in [0.15, 0.2) is 41.3 Å². The van der Waals surface area contributed by atoms with Gasteiger partial charge in [0, 0.05) is 18.2 Å². The molecule has 1 heterocycles. The number of sulfone groups is 1. The number of carbonyl (C=O) groups is 2. The Morgan fingerprint density at radius 2 is 1.96 bits per heavy atom. The summed E-state index contributed by atoms with van der Waals surface area (Å²) in [6.07, 6.45) is -0.270. The highest BCUT2D eigenvalue weighted by Gasteiger charge is 2.29. The summed E-state index contributed by atoms with van der Waals surface area (Å²) in [4.78, 5) is 23.6. The number of hydrogen-bond donors (Lipinski definition) is 2. The van der Waals surface area contributed by atoms with Crippen LogP contribution in [0.5, 0.6) is 5.75 Å². The van der Waals surface area contributed by atoms with Crippen molar-refractivity contribution in [2.24, 2.45) is 0 Å². The molecular formula is C19H19FN2O5S. The molecule has 2 amide bonds. The topological polar surface area (TPSA) is 102 Å². The van der Waals surface area contributed by atoms with Crippen molar-refractivity contribution in [2.75, 3.05) is 17.2 Å². The molecule has 0 spiro atoms. The number of rotatable bonds is 5. The van der Waals surface area contributed by atoms with E-state index in [4.69, 9.17) is 4.74 Å². The van der Waals surface area contributed by atoms with Crippen molar-refractivity contribution in [2.45, 2.75) is 30.4 Å². The number of nitrogens with one attached hydrogen (secondary N) is 2. The molecule has 0 aliphatic carbocycles. The number of ether oxygens (including phenoxy) is 1. The zero-order valence-corrected chi connectivity index (χ0v) is 16.1. The number of benzene rings is 2. The van der Waals surface area contributed by atoms with Crippen molar-refractivity contribution in [1.82, 2.24) is 0 Å². The molecule has 7 nitrogen and oxygen atoms in total. The van der Waals surface area contributed by atoms with E-state index in [1.54, 1.807) is 6.92 Å². The quantitative estimate of drug-likeness (QED) is 0.795. The van der Waals surface area contributed by atoms with Crippen molar-refractivity contribution in [3.63, 3.8) is 0 Å². The van der Waals surface area contributed by atoms with Crippen LogP contribution >= 0.6 is 0 Å². The van der Waals surface area contributed by atoms with Crippen molar-refractivity contribution in [1.29, 1.82) is 0 Å². The van der Waals surface area contributed by atoms with Crippen LogP contribution in [-0.4, -0.2) is 32.1 Å². The largest absolute Gasteiger partial charge is 0.482 e. The Morgan fingerprint density at radius 3 is 2.64 bits per heavy atom. The maximum absolute atomic E-state index is 13.0. The molecule has 9 heteroatoms. The minimum Gasteiger partial charge on any atom is -0.482 e. The van der Waals surface area contributed by atoms with Crippen LogP contribution in [0.2, 0.25) is 0 Å². The first-order chi connectivity index (χ1) is 13.2. The van der Waals surface area contributed by atoms with Gasteiger partial charge in [0.05, 0.1) is 15.8 Å². The van der Waals surface area contributed by atoms with Gasteiger partial charge >= 0.3 is 0 Å². The van der Waals surface area contributed by atoms with Gasteiger partial charge in [0.15, 0.2) is 16.4 Å². The van der Waals surface area contributed by atoms with E-state index in [0.29, 0.717) is 16.9 Å². The monoisotopic (exact) mass is 406 g/mol. The van der Waals surface area contributed by atoms with Gasteiger partial charge in [-0.3, -0.25) is 9.59 Å². The maximum Gasteiger partial charge on any atom is 0.262 e. The molecule has 3 rings (SSSR count). The summed E-state index contributed by atoms with van der Waals surface area (Å²) in [6.45, 7) is 2.87. The predicted molar refractivity (Wildman–Crippen MR) is 102 cm³/mol. The molecule has 2 aromatic carbocycles. The predicted octanol–water partition coefficient (Wildman–Crippen LogP) is 2.66. The number of hydrogen-bond acceptors (Lipinski definition) is 5. The molecule has 0 saturated carbocycles. The van der Waals surface area contributed by atoms with Crippen molar-refractivity contribution >= 4 is 33.0 Å². The number of fused-ring (bicyclic) bond motifs is 1. The van der Waals surface area contributed by atoms with Crippen LogP contribution in [0.4, 0.5) is 15.8 Å². The second-order valence-electron chi connectivity index (χ2n) is 6.57. The number of aryl methyl sites for hydroxylation is 1. The zero-order chi connectivity index (χ0) is 20.5. The van der Waals surface area contributed by atoms with Crippen LogP contribution in [0.25, 0.3) is 0 Å². The summed E-state index contributed by atoms with van der Waals surface area (Å²) in [5.41, 5.74) is 1.23. The van der Waals surface area contributed by atoms with Gasteiger partial charge in [-0.05, 0) is 49.7 Å². The Morgan fingerprint density at radius 1 is 1.29 bits per heavy atom. The molecule has 1 unspecified atom stereocenters. The fraction of sp³-hybridized carbons (Fsp3) is 0.263. The standard InChI is InChI=1S/C19H19FN2O5S/c1-11-7-15-16(27-10-19(24)22-15)9-17(11)28(25,26)12(2)8-18(23)21-14-5-3-13(20)4-6-14/h3-7,9,12H,8,10H2,1-2H3,(H,21,23)(H,22,24). The highest BCUT2D eigenvalue weighted by atomic mass is 32.2. The Hall–Kier alpha value is -2.94. The molecule has 0 aromatic heterocycles. The third-order valence-corrected chi connectivity index (χ3v) is 6.63. The van der Waals surface area contributed by atoms with E-state index in [1.165, 1.54) is 43.3 Å². The maximum atomic E-state index is 13.0. The molecule has 1 atom stereocenters. The molecule has 0 saturated heterocycles. The molecule has 148 valence electrons. The smallest absolute Gasteiger partial charge is 0.262 e. The Labute approximate surface area is 161 Å². The van der Waals surface area contributed by atoms with Crippen molar-refractivity contribution in [3.05, 3.63) is 47.8 Å². The lowest BCUT2D eigenvalue weighted by Crippen LogP contribution is -2.27. The van der Waals surface area contributed by atoms with Gasteiger partial charge in [0.2, 0.25) is 5.91 Å². The van der Waals surface area contributed by atoms with Crippen molar-refractivity contribution < 1.29 is 27.1 Å². The van der Waals surface area contributed by atoms with Gasteiger partial charge in [-0.1, -0.05) is 0 Å². The molecule has 1 aliphatic rings. The number of anilines is 2. The molecule has 0 radical (unpaired) electrons. The SMILES string of the molecule is Cc1cc2c(cc1S(=O)(=O)C(C)CC(=O)Nc1ccc(F)cc1)OCC(=O)N2. The van der Waals surface area contributed by atoms with E-state index in [9.17, 15) is 22.4 Å². The lowest BCUT2D eigenvalue weighted by molar-refractivity contribution is -0.118. The minimum atomic E-state index is -3.82. The lowest BCUT2D eigenvalue weighted by Gasteiger charge is -2.21. The fourth-order valence-corrected chi connectivity index (χ4v) is 4.44. The van der Waals surface area contributed by atoms with Gasteiger partial charge < -0.3 is 15.4 Å². The molecule has 2 aromatic rings. The Bertz CT molecular complexity index is 1040. The van der Waals surface area contributed by atoms with Crippen LogP contribution in [-0.2, 0) is 19.4 Å². The van der Waals surface area contributed by atoms with E-state index in [2.05, 4.69) is 10.6 Å². The normalized spacial score (nSPS) is 14.5. The summed E-state index contributed by atoms with van der Waals surface area (Å²) < 4.78 is 44.1. The third kappa shape index (κ3) is 4.14. The van der Waals surface area contributed by atoms with Crippen LogP contribution in [0, 0.1) is 12.7 Å². The highest BCUT2D eigenvalue weighted by Crippen LogP contribution is 2.34. The van der Waals surface area contributed by atoms with E-state index < -0.39 is 26.8 Å². The molecule has 0 fully saturated rings. The minimum absolute atomic E-state index is 0.0458. The number of halogens is 1. The third-order valence-electron chi connectivity index (χ3n) is 4.35. The number of carbonyl (C=O) groups excluding carboxylic acids is 2. The summed E-state index contributed by atoms with van der Waals surface area (Å²) in [7, 11) is -3.82. The van der Waals surface area contributed by atoms with Gasteiger partial charge in [-0.15, -0.1) is 0 Å². The lowest BCUT2D eigenvalue weighted by atomic mass is 10.2. The zero-order valence-electron chi connectivity index (χ0n) is 15.3. The van der Waals surface area contributed by atoms with Crippen LogP contribution in [0.3, 0.4) is 0 Å². The molecule has 1 aliphatic heterocycles. The molecule has 0 bridgehead atoms. The molecule has 2 N–H and O–H groups in total. The summed E-state index contributed by atoms with van der Waals surface area (Å²) in [6, 6.07) is 8.09. The van der Waals surface area contributed by atoms with Gasteiger partial charge in [0.1, 0.15) is 11.6 Å². The van der Waals surface area contributed by atoms with E-state index >= 15 is 0 Å².